The predicted octanol–water partition coefficient (Wildman–Crippen LogP) is 4.89. The van der Waals surface area contributed by atoms with Gasteiger partial charge in [0.25, 0.3) is 0 Å². The number of aromatic nitrogens is 2. The standard InChI is InChI=1S/C30H42ClN7O.C3H6O2/c1-8-24(39)36-16-30(17-36)13-21(14-30)38-19(3)25(26-22(15-32)23(33)11-18(2)27(26)31)28(34-38)37-10-9-20(35(6)7)12-29(37,4)5;1-5-3-2-4/h8,11,15,20-21,32H,1,9-10,12-14,16-17,33H2,2-7H3;2H,3H2,1H3. The summed E-state index contributed by atoms with van der Waals surface area (Å²) in [5.74, 6) is 0.931. The molecule has 10 nitrogen and oxygen atoms in total. The molecule has 2 aliphatic heterocycles. The quantitative estimate of drug-likeness (QED) is 0.185. The van der Waals surface area contributed by atoms with Crippen LogP contribution in [0.1, 0.15) is 62.4 Å². The van der Waals surface area contributed by atoms with E-state index in [2.05, 4.69) is 60.7 Å². The van der Waals surface area contributed by atoms with Crippen molar-refractivity contribution < 1.29 is 14.3 Å². The van der Waals surface area contributed by atoms with Crippen LogP contribution in [0.3, 0.4) is 0 Å². The SMILES string of the molecule is C=CC(=O)N1CC2(CC(n3nc(N4CCC(N(C)C)CC4(C)C)c(-c4c(Cl)c(C)cc(N)c4C=N)c3C)C2)C1.COCC=O. The van der Waals surface area contributed by atoms with Gasteiger partial charge in [-0.05, 0) is 85.2 Å². The van der Waals surface area contributed by atoms with Crippen molar-refractivity contribution in [2.45, 2.75) is 71.0 Å². The number of carbonyl (C=O) groups is 2. The summed E-state index contributed by atoms with van der Waals surface area (Å²) in [6.45, 7) is 15.0. The van der Waals surface area contributed by atoms with Gasteiger partial charge in [0.15, 0.2) is 5.82 Å². The molecule has 1 aromatic heterocycles. The minimum absolute atomic E-state index is 0.0122. The Bertz CT molecular complexity index is 1420. The molecule has 0 radical (unpaired) electrons. The number of aldehydes is 1. The Hall–Kier alpha value is -3.21. The molecule has 2 aromatic rings. The Balaban J connectivity index is 0.000000818. The fraction of sp³-hybridized carbons (Fsp3) is 0.576. The van der Waals surface area contributed by atoms with E-state index >= 15 is 0 Å². The monoisotopic (exact) mass is 625 g/mol. The minimum Gasteiger partial charge on any atom is -0.398 e. The summed E-state index contributed by atoms with van der Waals surface area (Å²) in [5, 5.41) is 14.2. The van der Waals surface area contributed by atoms with Crippen LogP contribution in [-0.2, 0) is 14.3 Å². The summed E-state index contributed by atoms with van der Waals surface area (Å²) < 4.78 is 6.51. The Labute approximate surface area is 266 Å². The molecule has 1 aliphatic carbocycles. The summed E-state index contributed by atoms with van der Waals surface area (Å²) in [6.07, 6.45) is 7.47. The summed E-state index contributed by atoms with van der Waals surface area (Å²) >= 11 is 7.01. The highest BCUT2D eigenvalue weighted by molar-refractivity contribution is 6.35. The number of rotatable bonds is 8. The second kappa shape index (κ2) is 13.0. The molecule has 5 rings (SSSR count). The molecule has 240 valence electrons. The van der Waals surface area contributed by atoms with Crippen molar-refractivity contribution in [3.05, 3.63) is 40.6 Å². The topological polar surface area (TPSA) is 121 Å². The highest BCUT2D eigenvalue weighted by atomic mass is 35.5. The van der Waals surface area contributed by atoms with Crippen LogP contribution in [0.5, 0.6) is 0 Å². The summed E-state index contributed by atoms with van der Waals surface area (Å²) in [6, 6.07) is 2.61. The maximum atomic E-state index is 12.0. The number of hydrogen-bond donors (Lipinski definition) is 2. The molecule has 2 saturated heterocycles. The van der Waals surface area contributed by atoms with Gasteiger partial charge in [-0.3, -0.25) is 9.48 Å². The van der Waals surface area contributed by atoms with Crippen LogP contribution in [0.4, 0.5) is 11.5 Å². The lowest BCUT2D eigenvalue weighted by atomic mass is 9.60. The van der Waals surface area contributed by atoms with E-state index < -0.39 is 0 Å². The molecular weight excluding hydrogens is 578 g/mol. The lowest BCUT2D eigenvalue weighted by molar-refractivity contribution is -0.149. The van der Waals surface area contributed by atoms with E-state index in [-0.39, 0.29) is 29.5 Å². The van der Waals surface area contributed by atoms with Gasteiger partial charge >= 0.3 is 0 Å². The van der Waals surface area contributed by atoms with Crippen molar-refractivity contribution in [2.24, 2.45) is 5.41 Å². The fourth-order valence-corrected chi connectivity index (χ4v) is 7.52. The number of nitrogens with zero attached hydrogens (tertiary/aromatic N) is 5. The number of anilines is 2. The fourth-order valence-electron chi connectivity index (χ4n) is 7.27. The second-order valence-corrected chi connectivity index (χ2v) is 13.8. The van der Waals surface area contributed by atoms with E-state index in [1.54, 1.807) is 0 Å². The van der Waals surface area contributed by atoms with Crippen LogP contribution in [0, 0.1) is 24.7 Å². The third-order valence-corrected chi connectivity index (χ3v) is 10.1. The molecule has 0 bridgehead atoms. The van der Waals surface area contributed by atoms with E-state index in [4.69, 9.17) is 27.8 Å². The van der Waals surface area contributed by atoms with Crippen LogP contribution in [0.15, 0.2) is 18.7 Å². The molecule has 1 amide bonds. The molecule has 44 heavy (non-hydrogen) atoms. The van der Waals surface area contributed by atoms with Gasteiger partial charge in [-0.25, -0.2) is 0 Å². The number of ether oxygens (including phenoxy) is 1. The largest absolute Gasteiger partial charge is 0.398 e. The maximum absolute atomic E-state index is 12.0. The third kappa shape index (κ3) is 6.17. The molecule has 3 aliphatic rings. The number of likely N-dealkylation sites (tertiary alicyclic amines) is 1. The number of methoxy groups -OCH3 is 1. The predicted molar refractivity (Wildman–Crippen MR) is 178 cm³/mol. The van der Waals surface area contributed by atoms with Gasteiger partial charge in [0.05, 0.1) is 11.1 Å². The molecule has 11 heteroatoms. The van der Waals surface area contributed by atoms with Gasteiger partial charge in [-0.15, -0.1) is 0 Å². The summed E-state index contributed by atoms with van der Waals surface area (Å²) in [7, 11) is 5.79. The van der Waals surface area contributed by atoms with Gasteiger partial charge in [-0.2, -0.15) is 5.10 Å². The van der Waals surface area contributed by atoms with Crippen LogP contribution in [0.2, 0.25) is 5.02 Å². The molecule has 3 fully saturated rings. The summed E-state index contributed by atoms with van der Waals surface area (Å²) in [4.78, 5) is 27.9. The molecule has 1 aromatic carbocycles. The first-order valence-electron chi connectivity index (χ1n) is 15.2. The number of aryl methyl sites for hydroxylation is 1. The average Bonchev–Trinajstić information content (AvgIpc) is 3.24. The Kier molecular flexibility index (Phi) is 9.97. The molecule has 1 unspecified atom stereocenters. The number of benzene rings is 1. The maximum Gasteiger partial charge on any atom is 0.245 e. The van der Waals surface area contributed by atoms with Gasteiger partial charge in [-0.1, -0.05) is 18.2 Å². The highest BCUT2D eigenvalue weighted by Gasteiger charge is 2.54. The number of nitrogen functional groups attached to an aromatic ring is 1. The van der Waals surface area contributed by atoms with Crippen molar-refractivity contribution in [1.29, 1.82) is 5.41 Å². The van der Waals surface area contributed by atoms with E-state index in [1.807, 2.05) is 17.9 Å². The van der Waals surface area contributed by atoms with Crippen molar-refractivity contribution >= 4 is 41.5 Å². The Morgan fingerprint density at radius 3 is 2.41 bits per heavy atom. The van der Waals surface area contributed by atoms with Crippen molar-refractivity contribution in [2.75, 3.05) is 58.1 Å². The average molecular weight is 626 g/mol. The smallest absolute Gasteiger partial charge is 0.245 e. The molecule has 3 N–H and O–H groups in total. The zero-order chi connectivity index (χ0) is 32.6. The number of piperidine rings is 1. The highest BCUT2D eigenvalue weighted by Crippen LogP contribution is 2.56. The molecule has 1 atom stereocenters. The number of halogens is 1. The van der Waals surface area contributed by atoms with Crippen molar-refractivity contribution in [1.82, 2.24) is 19.6 Å². The molecule has 3 heterocycles. The van der Waals surface area contributed by atoms with E-state index in [0.29, 0.717) is 28.6 Å². The first-order chi connectivity index (χ1) is 20.7. The van der Waals surface area contributed by atoms with Crippen molar-refractivity contribution in [3.8, 4) is 11.1 Å². The van der Waals surface area contributed by atoms with E-state index in [1.165, 1.54) is 19.4 Å². The summed E-state index contributed by atoms with van der Waals surface area (Å²) in [5.41, 5.74) is 11.4. The van der Waals surface area contributed by atoms with Crippen LogP contribution >= 0.6 is 11.6 Å². The van der Waals surface area contributed by atoms with Gasteiger partial charge < -0.3 is 35.4 Å². The van der Waals surface area contributed by atoms with Gasteiger partial charge in [0.1, 0.15) is 12.9 Å². The van der Waals surface area contributed by atoms with Crippen LogP contribution in [-0.4, -0.2) is 97.0 Å². The number of carbonyl (C=O) groups excluding carboxylic acids is 2. The first-order valence-corrected chi connectivity index (χ1v) is 15.6. The van der Waals surface area contributed by atoms with E-state index in [9.17, 15) is 9.59 Å². The van der Waals surface area contributed by atoms with Gasteiger partial charge in [0.2, 0.25) is 5.91 Å². The normalized spacial score (nSPS) is 20.4. The minimum atomic E-state index is -0.124. The number of hydrogen-bond acceptors (Lipinski definition) is 8. The molecular formula is C33H48ClN7O3. The Morgan fingerprint density at radius 2 is 1.91 bits per heavy atom. The molecule has 1 saturated carbocycles. The van der Waals surface area contributed by atoms with Crippen molar-refractivity contribution in [3.63, 3.8) is 0 Å². The second-order valence-electron chi connectivity index (χ2n) is 13.4. The Morgan fingerprint density at radius 1 is 1.25 bits per heavy atom. The zero-order valence-electron chi connectivity index (χ0n) is 27.2. The van der Waals surface area contributed by atoms with E-state index in [0.717, 1.165) is 73.5 Å². The number of nitrogens with one attached hydrogen (secondary N) is 1. The number of amides is 1. The molecule has 1 spiro atoms. The lowest BCUT2D eigenvalue weighted by Crippen LogP contribution is -2.63. The number of nitrogens with two attached hydrogens (primary N) is 1. The first kappa shape index (κ1) is 33.7. The lowest BCUT2D eigenvalue weighted by Gasteiger charge is -2.58. The zero-order valence-corrected chi connectivity index (χ0v) is 28.0. The third-order valence-electron chi connectivity index (χ3n) is 9.64. The van der Waals surface area contributed by atoms with Crippen LogP contribution in [0.25, 0.3) is 11.1 Å². The van der Waals surface area contributed by atoms with Gasteiger partial charge in [0, 0.05) is 78.0 Å². The van der Waals surface area contributed by atoms with Crippen LogP contribution < -0.4 is 10.6 Å².